The van der Waals surface area contributed by atoms with Gasteiger partial charge in [-0.3, -0.25) is 10.1 Å². The van der Waals surface area contributed by atoms with Gasteiger partial charge in [0.15, 0.2) is 0 Å². The van der Waals surface area contributed by atoms with E-state index in [9.17, 15) is 13.6 Å². The van der Waals surface area contributed by atoms with Gasteiger partial charge in [0.2, 0.25) is 5.91 Å². The van der Waals surface area contributed by atoms with Crippen LogP contribution in [0.2, 0.25) is 0 Å². The minimum atomic E-state index is -2.80. The third kappa shape index (κ3) is 6.46. The second kappa shape index (κ2) is 10.2. The van der Waals surface area contributed by atoms with Crippen LogP contribution in [0.15, 0.2) is 35.7 Å². The number of hydrogen-bond acceptors (Lipinski definition) is 4. The molecule has 4 nitrogen and oxygen atoms in total. The van der Waals surface area contributed by atoms with Gasteiger partial charge in [0.25, 0.3) is 5.92 Å². The predicted octanol–water partition coefficient (Wildman–Crippen LogP) is 3.39. The van der Waals surface area contributed by atoms with Gasteiger partial charge in [0.05, 0.1) is 29.8 Å². The van der Waals surface area contributed by atoms with E-state index in [2.05, 4.69) is 27.8 Å². The number of amides is 1. The lowest BCUT2D eigenvalue weighted by Gasteiger charge is -2.10. The molecule has 0 radical (unpaired) electrons. The zero-order valence-corrected chi connectivity index (χ0v) is 16.4. The molecular weight excluding hydrogens is 403 g/mol. The van der Waals surface area contributed by atoms with E-state index in [-0.39, 0.29) is 31.4 Å². The van der Waals surface area contributed by atoms with Crippen molar-refractivity contribution in [2.45, 2.75) is 37.8 Å². The first kappa shape index (κ1) is 22.8. The quantitative estimate of drug-likeness (QED) is 0.748. The fraction of sp³-hybridized carbons (Fsp3) is 0.412. The number of aromatic nitrogens is 1. The normalized spacial score (nSPS) is 17.8. The van der Waals surface area contributed by atoms with E-state index in [1.807, 2.05) is 23.6 Å². The van der Waals surface area contributed by atoms with Crippen LogP contribution in [0.5, 0.6) is 0 Å². The Morgan fingerprint density at radius 3 is 2.65 bits per heavy atom. The van der Waals surface area contributed by atoms with E-state index in [4.69, 9.17) is 0 Å². The largest absolute Gasteiger partial charge is 0.349 e. The summed E-state index contributed by atoms with van der Waals surface area (Å²) in [6, 6.07) is 9.36. The molecule has 1 aromatic carbocycles. The van der Waals surface area contributed by atoms with Gasteiger partial charge in [0, 0.05) is 18.2 Å². The van der Waals surface area contributed by atoms with Gasteiger partial charge in [-0.25, -0.2) is 13.8 Å². The van der Waals surface area contributed by atoms with Gasteiger partial charge < -0.3 is 5.32 Å². The van der Waals surface area contributed by atoms with Crippen molar-refractivity contribution in [3.63, 3.8) is 0 Å². The molecular formula is C17H21Cl2F2N3OS. The highest BCUT2D eigenvalue weighted by Gasteiger charge is 2.42. The Bertz CT molecular complexity index is 700. The second-order valence-electron chi connectivity index (χ2n) is 5.93. The van der Waals surface area contributed by atoms with Crippen LogP contribution in [-0.2, 0) is 24.2 Å². The van der Waals surface area contributed by atoms with Crippen LogP contribution in [-0.4, -0.2) is 29.4 Å². The van der Waals surface area contributed by atoms with E-state index >= 15 is 0 Å². The van der Waals surface area contributed by atoms with Crippen molar-refractivity contribution < 1.29 is 13.6 Å². The number of halogens is 4. The topological polar surface area (TPSA) is 54.0 Å². The SMILES string of the molecule is Cl.Cl.O=C(NCc1csc(CCc2ccccc2)n1)C1CC(F)(F)CN1. The fourth-order valence-electron chi connectivity index (χ4n) is 2.64. The smallest absolute Gasteiger partial charge is 0.262 e. The summed E-state index contributed by atoms with van der Waals surface area (Å²) in [4.78, 5) is 16.4. The van der Waals surface area contributed by atoms with Gasteiger partial charge in [-0.1, -0.05) is 30.3 Å². The molecule has 0 bridgehead atoms. The van der Waals surface area contributed by atoms with Gasteiger partial charge in [-0.2, -0.15) is 0 Å². The van der Waals surface area contributed by atoms with Crippen molar-refractivity contribution in [3.05, 3.63) is 52.0 Å². The van der Waals surface area contributed by atoms with Crippen LogP contribution in [0.3, 0.4) is 0 Å². The van der Waals surface area contributed by atoms with E-state index in [1.54, 1.807) is 11.3 Å². The number of nitrogens with zero attached hydrogens (tertiary/aromatic N) is 1. The highest BCUT2D eigenvalue weighted by Crippen LogP contribution is 2.25. The van der Waals surface area contributed by atoms with Crippen LogP contribution in [0, 0.1) is 0 Å². The molecule has 1 aromatic heterocycles. The van der Waals surface area contributed by atoms with E-state index < -0.39 is 30.8 Å². The third-order valence-corrected chi connectivity index (χ3v) is 4.90. The highest BCUT2D eigenvalue weighted by molar-refractivity contribution is 7.09. The Morgan fingerprint density at radius 1 is 1.27 bits per heavy atom. The molecule has 1 aliphatic rings. The first-order chi connectivity index (χ1) is 11.5. The third-order valence-electron chi connectivity index (χ3n) is 3.94. The fourth-order valence-corrected chi connectivity index (χ4v) is 3.44. The van der Waals surface area contributed by atoms with Gasteiger partial charge >= 0.3 is 0 Å². The molecule has 2 heterocycles. The minimum absolute atomic E-state index is 0. The molecule has 0 aliphatic carbocycles. The molecule has 1 amide bonds. The van der Waals surface area contributed by atoms with E-state index in [0.717, 1.165) is 23.5 Å². The average Bonchev–Trinajstić information content (AvgIpc) is 3.18. The number of aryl methyl sites for hydroxylation is 2. The summed E-state index contributed by atoms with van der Waals surface area (Å²) >= 11 is 1.55. The number of nitrogens with one attached hydrogen (secondary N) is 2. The number of thiazole rings is 1. The minimum Gasteiger partial charge on any atom is -0.349 e. The number of hydrogen-bond donors (Lipinski definition) is 2. The second-order valence-corrected chi connectivity index (χ2v) is 6.87. The van der Waals surface area contributed by atoms with E-state index in [1.165, 1.54) is 5.56 Å². The molecule has 1 saturated heterocycles. The maximum Gasteiger partial charge on any atom is 0.262 e. The van der Waals surface area contributed by atoms with Crippen LogP contribution in [0.1, 0.15) is 22.7 Å². The molecule has 144 valence electrons. The van der Waals surface area contributed by atoms with Crippen LogP contribution in [0.25, 0.3) is 0 Å². The number of carbonyl (C=O) groups excluding carboxylic acids is 1. The lowest BCUT2D eigenvalue weighted by Crippen LogP contribution is -2.40. The number of rotatable bonds is 6. The lowest BCUT2D eigenvalue weighted by molar-refractivity contribution is -0.123. The number of carbonyl (C=O) groups is 1. The first-order valence-electron chi connectivity index (χ1n) is 7.88. The Labute approximate surface area is 167 Å². The number of alkyl halides is 2. The summed E-state index contributed by atoms with van der Waals surface area (Å²) in [5.74, 6) is -3.20. The zero-order valence-electron chi connectivity index (χ0n) is 13.9. The lowest BCUT2D eigenvalue weighted by atomic mass is 10.1. The molecule has 2 aromatic rings. The van der Waals surface area contributed by atoms with Crippen molar-refractivity contribution in [1.82, 2.24) is 15.6 Å². The Balaban J connectivity index is 0.00000169. The highest BCUT2D eigenvalue weighted by atomic mass is 35.5. The van der Waals surface area contributed by atoms with Gasteiger partial charge in [-0.05, 0) is 12.0 Å². The molecule has 1 aliphatic heterocycles. The molecule has 9 heteroatoms. The monoisotopic (exact) mass is 423 g/mol. The predicted molar refractivity (Wildman–Crippen MR) is 104 cm³/mol. The molecule has 3 rings (SSSR count). The standard InChI is InChI=1S/C17H19F2N3OS.2ClH/c18-17(19)8-14(21-11-17)16(23)20-9-13-10-24-15(22-13)7-6-12-4-2-1-3-5-12;;/h1-5,10,14,21H,6-9,11H2,(H,20,23);2*1H. The Kier molecular flexibility index (Phi) is 8.89. The molecule has 26 heavy (non-hydrogen) atoms. The van der Waals surface area contributed by atoms with Crippen molar-refractivity contribution in [1.29, 1.82) is 0 Å². The molecule has 0 saturated carbocycles. The van der Waals surface area contributed by atoms with Crippen LogP contribution >= 0.6 is 36.2 Å². The first-order valence-corrected chi connectivity index (χ1v) is 8.76. The summed E-state index contributed by atoms with van der Waals surface area (Å²) < 4.78 is 26.2. The molecule has 1 fully saturated rings. The van der Waals surface area contributed by atoms with Crippen LogP contribution < -0.4 is 10.6 Å². The van der Waals surface area contributed by atoms with Crippen molar-refractivity contribution in [2.24, 2.45) is 0 Å². The molecule has 1 unspecified atom stereocenters. The average molecular weight is 424 g/mol. The Hall–Kier alpha value is -1.28. The summed E-state index contributed by atoms with van der Waals surface area (Å²) in [5, 5.41) is 8.13. The van der Waals surface area contributed by atoms with Gasteiger partial charge in [0.1, 0.15) is 0 Å². The van der Waals surface area contributed by atoms with Crippen molar-refractivity contribution in [2.75, 3.05) is 6.54 Å². The maximum atomic E-state index is 13.1. The van der Waals surface area contributed by atoms with Crippen molar-refractivity contribution >= 4 is 42.1 Å². The summed E-state index contributed by atoms with van der Waals surface area (Å²) in [6.45, 7) is -0.171. The van der Waals surface area contributed by atoms with E-state index in [0.29, 0.717) is 0 Å². The maximum absolute atomic E-state index is 13.1. The van der Waals surface area contributed by atoms with Crippen molar-refractivity contribution in [3.8, 4) is 0 Å². The number of benzene rings is 1. The summed E-state index contributed by atoms with van der Waals surface area (Å²) in [6.07, 6.45) is 1.32. The van der Waals surface area contributed by atoms with Gasteiger partial charge in [-0.15, -0.1) is 36.2 Å². The summed E-state index contributed by atoms with van der Waals surface area (Å²) in [7, 11) is 0. The molecule has 2 N–H and O–H groups in total. The zero-order chi connectivity index (χ0) is 17.0. The summed E-state index contributed by atoms with van der Waals surface area (Å²) in [5.41, 5.74) is 2.02. The molecule has 0 spiro atoms. The molecule has 1 atom stereocenters. The van der Waals surface area contributed by atoms with Crippen LogP contribution in [0.4, 0.5) is 8.78 Å². The Morgan fingerprint density at radius 2 is 2.00 bits per heavy atom.